The van der Waals surface area contributed by atoms with Crippen LogP contribution in [0.3, 0.4) is 0 Å². The van der Waals surface area contributed by atoms with Gasteiger partial charge >= 0.3 is 0 Å². The molecule has 19 heavy (non-hydrogen) atoms. The van der Waals surface area contributed by atoms with Crippen molar-refractivity contribution in [2.24, 2.45) is 0 Å². The van der Waals surface area contributed by atoms with Gasteiger partial charge in [-0.05, 0) is 31.0 Å². The number of anilines is 1. The van der Waals surface area contributed by atoms with Crippen molar-refractivity contribution in [1.82, 2.24) is 10.2 Å². The number of hydrogen-bond donors (Lipinski definition) is 2. The summed E-state index contributed by atoms with van der Waals surface area (Å²) in [5, 5.41) is 10.6. The average molecular weight is 296 g/mol. The van der Waals surface area contributed by atoms with E-state index in [0.29, 0.717) is 27.3 Å². The highest BCUT2D eigenvalue weighted by Gasteiger charge is 2.25. The second-order valence-electron chi connectivity index (χ2n) is 4.60. The van der Waals surface area contributed by atoms with E-state index in [-0.39, 0.29) is 5.91 Å². The smallest absolute Gasteiger partial charge is 0.256 e. The number of rotatable bonds is 3. The zero-order chi connectivity index (χ0) is 13.4. The van der Waals surface area contributed by atoms with Gasteiger partial charge in [0, 0.05) is 33.3 Å². The van der Waals surface area contributed by atoms with Gasteiger partial charge in [0.15, 0.2) is 5.82 Å². The molecule has 1 fully saturated rings. The molecule has 0 radical (unpaired) electrons. The molecular formula is C13H11Cl2N3O. The van der Waals surface area contributed by atoms with Gasteiger partial charge in [-0.15, -0.1) is 0 Å². The van der Waals surface area contributed by atoms with Gasteiger partial charge in [-0.3, -0.25) is 9.89 Å². The van der Waals surface area contributed by atoms with Gasteiger partial charge in [0.2, 0.25) is 0 Å². The molecule has 0 aliphatic heterocycles. The van der Waals surface area contributed by atoms with E-state index in [0.717, 1.165) is 5.69 Å². The van der Waals surface area contributed by atoms with Crippen LogP contribution in [0.1, 0.15) is 34.8 Å². The lowest BCUT2D eigenvalue weighted by atomic mass is 10.2. The second-order valence-corrected chi connectivity index (χ2v) is 5.47. The van der Waals surface area contributed by atoms with Crippen molar-refractivity contribution >= 4 is 34.9 Å². The van der Waals surface area contributed by atoms with Crippen molar-refractivity contribution in [2.45, 2.75) is 18.8 Å². The van der Waals surface area contributed by atoms with Crippen molar-refractivity contribution in [2.75, 3.05) is 5.32 Å². The van der Waals surface area contributed by atoms with Crippen LogP contribution in [0.2, 0.25) is 10.0 Å². The van der Waals surface area contributed by atoms with Crippen LogP contribution < -0.4 is 5.32 Å². The molecule has 0 saturated heterocycles. The summed E-state index contributed by atoms with van der Waals surface area (Å²) in [7, 11) is 0. The van der Waals surface area contributed by atoms with Gasteiger partial charge in [-0.25, -0.2) is 0 Å². The first kappa shape index (κ1) is 12.5. The summed E-state index contributed by atoms with van der Waals surface area (Å²) in [6, 6.07) is 6.58. The number of halogens is 2. The Balaban J connectivity index is 1.75. The first-order valence-corrected chi connectivity index (χ1v) is 6.70. The maximum atomic E-state index is 12.0. The monoisotopic (exact) mass is 295 g/mol. The van der Waals surface area contributed by atoms with Gasteiger partial charge in [-0.1, -0.05) is 23.2 Å². The number of benzene rings is 1. The Morgan fingerprint density at radius 2 is 1.89 bits per heavy atom. The summed E-state index contributed by atoms with van der Waals surface area (Å²) in [4.78, 5) is 12.0. The first-order valence-electron chi connectivity index (χ1n) is 5.94. The van der Waals surface area contributed by atoms with Gasteiger partial charge in [-0.2, -0.15) is 5.10 Å². The summed E-state index contributed by atoms with van der Waals surface area (Å²) < 4.78 is 0. The molecule has 1 heterocycles. The van der Waals surface area contributed by atoms with E-state index < -0.39 is 0 Å². The molecule has 1 aliphatic carbocycles. The predicted molar refractivity (Wildman–Crippen MR) is 75.0 cm³/mol. The quantitative estimate of drug-likeness (QED) is 0.904. The number of hydrogen-bond acceptors (Lipinski definition) is 2. The van der Waals surface area contributed by atoms with Gasteiger partial charge < -0.3 is 5.32 Å². The number of carbonyl (C=O) groups excluding carboxylic acids is 1. The number of aromatic amines is 1. The Kier molecular flexibility index (Phi) is 3.21. The third-order valence-corrected chi connectivity index (χ3v) is 3.42. The number of carbonyl (C=O) groups is 1. The molecule has 0 unspecified atom stereocenters. The van der Waals surface area contributed by atoms with Gasteiger partial charge in [0.25, 0.3) is 5.91 Å². The first-order chi connectivity index (χ1) is 9.11. The Morgan fingerprint density at radius 3 is 2.53 bits per heavy atom. The lowest BCUT2D eigenvalue weighted by molar-refractivity contribution is 0.102. The second kappa shape index (κ2) is 4.87. The van der Waals surface area contributed by atoms with Crippen molar-refractivity contribution < 1.29 is 4.79 Å². The predicted octanol–water partition coefficient (Wildman–Crippen LogP) is 3.85. The van der Waals surface area contributed by atoms with E-state index in [1.807, 2.05) is 6.07 Å². The van der Waals surface area contributed by atoms with E-state index in [9.17, 15) is 4.79 Å². The van der Waals surface area contributed by atoms with Crippen LogP contribution in [-0.2, 0) is 0 Å². The molecule has 1 amide bonds. The van der Waals surface area contributed by atoms with Crippen molar-refractivity contribution in [3.8, 4) is 0 Å². The standard InChI is InChI=1S/C13H11Cl2N3O/c14-9-3-8(4-10(15)5-9)13(19)16-12-6-11(17-18-12)7-1-2-7/h3-7H,1-2H2,(H2,16,17,18,19). The fourth-order valence-electron chi connectivity index (χ4n) is 1.88. The third kappa shape index (κ3) is 2.91. The summed E-state index contributed by atoms with van der Waals surface area (Å²) in [6.45, 7) is 0. The minimum atomic E-state index is -0.279. The highest BCUT2D eigenvalue weighted by Crippen LogP contribution is 2.39. The van der Waals surface area contributed by atoms with Crippen LogP contribution in [0, 0.1) is 0 Å². The lowest BCUT2D eigenvalue weighted by Gasteiger charge is -2.03. The third-order valence-electron chi connectivity index (χ3n) is 2.98. The Labute approximate surface area is 120 Å². The summed E-state index contributed by atoms with van der Waals surface area (Å²) in [5.41, 5.74) is 1.48. The van der Waals surface area contributed by atoms with Crippen LogP contribution in [0.5, 0.6) is 0 Å². The van der Waals surface area contributed by atoms with Crippen LogP contribution in [0.25, 0.3) is 0 Å². The van der Waals surface area contributed by atoms with Crippen LogP contribution in [0.15, 0.2) is 24.3 Å². The van der Waals surface area contributed by atoms with Crippen molar-refractivity contribution in [3.05, 3.63) is 45.6 Å². The lowest BCUT2D eigenvalue weighted by Crippen LogP contribution is -2.12. The largest absolute Gasteiger partial charge is 0.305 e. The van der Waals surface area contributed by atoms with E-state index in [1.165, 1.54) is 12.8 Å². The number of aromatic nitrogens is 2. The summed E-state index contributed by atoms with van der Waals surface area (Å²) in [5.74, 6) is 0.806. The van der Waals surface area contributed by atoms with E-state index in [4.69, 9.17) is 23.2 Å². The maximum absolute atomic E-state index is 12.0. The normalized spacial score (nSPS) is 14.4. The molecule has 2 aromatic rings. The molecule has 3 rings (SSSR count). The molecule has 2 N–H and O–H groups in total. The van der Waals surface area contributed by atoms with Crippen LogP contribution in [-0.4, -0.2) is 16.1 Å². The molecule has 6 heteroatoms. The van der Waals surface area contributed by atoms with E-state index >= 15 is 0 Å². The maximum Gasteiger partial charge on any atom is 0.256 e. The van der Waals surface area contributed by atoms with Gasteiger partial charge in [0.05, 0.1) is 0 Å². The molecular weight excluding hydrogens is 285 g/mol. The summed E-state index contributed by atoms with van der Waals surface area (Å²) in [6.07, 6.45) is 2.36. The zero-order valence-electron chi connectivity index (χ0n) is 9.91. The highest BCUT2D eigenvalue weighted by molar-refractivity contribution is 6.35. The van der Waals surface area contributed by atoms with Crippen LogP contribution in [0.4, 0.5) is 5.82 Å². The number of nitrogens with one attached hydrogen (secondary N) is 2. The van der Waals surface area contributed by atoms with Gasteiger partial charge in [0.1, 0.15) is 0 Å². The Bertz CT molecular complexity index is 614. The number of nitrogens with zero attached hydrogens (tertiary/aromatic N) is 1. The SMILES string of the molecule is O=C(Nc1cc(C2CC2)[nH]n1)c1cc(Cl)cc(Cl)c1. The fraction of sp³-hybridized carbons (Fsp3) is 0.231. The number of H-pyrrole nitrogens is 1. The van der Waals surface area contributed by atoms with Crippen LogP contribution >= 0.6 is 23.2 Å². The minimum absolute atomic E-state index is 0.279. The summed E-state index contributed by atoms with van der Waals surface area (Å²) >= 11 is 11.7. The Morgan fingerprint density at radius 1 is 1.21 bits per heavy atom. The zero-order valence-corrected chi connectivity index (χ0v) is 11.4. The van der Waals surface area contributed by atoms with E-state index in [1.54, 1.807) is 18.2 Å². The molecule has 4 nitrogen and oxygen atoms in total. The molecule has 0 spiro atoms. The molecule has 98 valence electrons. The molecule has 1 saturated carbocycles. The fourth-order valence-corrected chi connectivity index (χ4v) is 2.40. The van der Waals surface area contributed by atoms with Crippen molar-refractivity contribution in [3.63, 3.8) is 0 Å². The molecule has 1 aromatic heterocycles. The molecule has 1 aliphatic rings. The average Bonchev–Trinajstić information content (AvgIpc) is 3.09. The Hall–Kier alpha value is -1.52. The van der Waals surface area contributed by atoms with Crippen molar-refractivity contribution in [1.29, 1.82) is 0 Å². The topological polar surface area (TPSA) is 57.8 Å². The number of amides is 1. The molecule has 0 bridgehead atoms. The van der Waals surface area contributed by atoms with E-state index in [2.05, 4.69) is 15.5 Å². The molecule has 0 atom stereocenters. The minimum Gasteiger partial charge on any atom is -0.305 e. The molecule has 1 aromatic carbocycles. The highest BCUT2D eigenvalue weighted by atomic mass is 35.5.